The number of pyridine rings is 1. The van der Waals surface area contributed by atoms with E-state index >= 15 is 0 Å². The van der Waals surface area contributed by atoms with Gasteiger partial charge in [-0.2, -0.15) is 0 Å². The lowest BCUT2D eigenvalue weighted by Gasteiger charge is -2.35. The van der Waals surface area contributed by atoms with E-state index in [0.29, 0.717) is 11.9 Å². The van der Waals surface area contributed by atoms with Crippen LogP contribution in [0.5, 0.6) is 0 Å². The Kier molecular flexibility index (Phi) is 7.95. The lowest BCUT2D eigenvalue weighted by Crippen LogP contribution is -2.55. The Balaban J connectivity index is 1.43. The minimum Gasteiger partial charge on any atom is -0.343 e. The summed E-state index contributed by atoms with van der Waals surface area (Å²) in [6.07, 6.45) is 8.91. The second-order valence-electron chi connectivity index (χ2n) is 10.7. The Hall–Kier alpha value is -3.04. The third-order valence-electron chi connectivity index (χ3n) is 8.22. The van der Waals surface area contributed by atoms with Crippen molar-refractivity contribution in [1.29, 1.82) is 0 Å². The summed E-state index contributed by atoms with van der Waals surface area (Å²) in [7, 11) is 3.52. The first-order valence-corrected chi connectivity index (χ1v) is 14.6. The molecule has 0 unspecified atom stereocenters. The van der Waals surface area contributed by atoms with Crippen LogP contribution in [0.15, 0.2) is 40.6 Å². The van der Waals surface area contributed by atoms with Crippen molar-refractivity contribution in [2.75, 3.05) is 13.6 Å². The van der Waals surface area contributed by atoms with Gasteiger partial charge in [-0.3, -0.25) is 14.4 Å². The van der Waals surface area contributed by atoms with Gasteiger partial charge in [0.25, 0.3) is 5.56 Å². The first kappa shape index (κ1) is 26.6. The first-order valence-electron chi connectivity index (χ1n) is 13.7. The number of benzene rings is 1. The number of rotatable bonds is 7. The van der Waals surface area contributed by atoms with E-state index in [-0.39, 0.29) is 35.4 Å². The number of fused-ring (bicyclic) bond motifs is 1. The zero-order chi connectivity index (χ0) is 26.8. The molecule has 2 fully saturated rings. The molecule has 3 heterocycles. The number of carbonyl (C=O) groups excluding carboxylic acids is 2. The summed E-state index contributed by atoms with van der Waals surface area (Å²) < 4.78 is 1.60. The quantitative estimate of drug-likeness (QED) is 0.477. The van der Waals surface area contributed by atoms with Crippen molar-refractivity contribution in [2.45, 2.75) is 70.0 Å². The molecule has 1 aliphatic carbocycles. The number of thiazole rings is 1. The number of nitrogens with zero attached hydrogens (tertiary/aromatic N) is 3. The molecule has 2 aliphatic rings. The SMILES string of the molecule is CN[C@@H](C)C(=O)N[C@H](C(=O)N1CCC[C@H]1c1nc(-c2cn(C)c(=O)c3ccccc23)cs1)C1CCCCC1. The highest BCUT2D eigenvalue weighted by molar-refractivity contribution is 7.10. The highest BCUT2D eigenvalue weighted by Gasteiger charge is 2.40. The van der Waals surface area contributed by atoms with Gasteiger partial charge in [-0.1, -0.05) is 37.5 Å². The maximum Gasteiger partial charge on any atom is 0.258 e. The van der Waals surface area contributed by atoms with Crippen LogP contribution in [-0.4, -0.2) is 51.9 Å². The maximum atomic E-state index is 14.0. The number of likely N-dealkylation sites (N-methyl/N-ethyl adjacent to an activating group) is 1. The standard InChI is InChI=1S/C29H37N5O3S/c1-18(30-2)26(35)32-25(19-10-5-4-6-11-19)29(37)34-15-9-14-24(34)27-31-23(17-38-27)22-16-33(3)28(36)21-13-8-7-12-20(21)22/h7-8,12-13,16-19,24-25,30H,4-6,9-11,14-15H2,1-3H3,(H,32,35)/t18-,24-,25-/m0/s1. The molecule has 5 rings (SSSR count). The molecule has 2 amide bonds. The molecule has 38 heavy (non-hydrogen) atoms. The molecule has 0 radical (unpaired) electrons. The van der Waals surface area contributed by atoms with Gasteiger partial charge in [-0.15, -0.1) is 11.3 Å². The summed E-state index contributed by atoms with van der Waals surface area (Å²) in [5, 5.41) is 10.6. The molecule has 3 atom stereocenters. The number of aryl methyl sites for hydroxylation is 1. The van der Waals surface area contributed by atoms with Gasteiger partial charge in [0.15, 0.2) is 0 Å². The molecular weight excluding hydrogens is 498 g/mol. The monoisotopic (exact) mass is 535 g/mol. The van der Waals surface area contributed by atoms with Crippen molar-refractivity contribution >= 4 is 33.9 Å². The second kappa shape index (κ2) is 11.4. The van der Waals surface area contributed by atoms with Crippen molar-refractivity contribution in [3.63, 3.8) is 0 Å². The molecule has 3 aromatic rings. The van der Waals surface area contributed by atoms with E-state index < -0.39 is 6.04 Å². The average Bonchev–Trinajstić information content (AvgIpc) is 3.63. The Bertz CT molecular complexity index is 1380. The van der Waals surface area contributed by atoms with Crippen molar-refractivity contribution in [3.05, 3.63) is 51.2 Å². The van der Waals surface area contributed by atoms with Crippen molar-refractivity contribution in [3.8, 4) is 11.3 Å². The maximum absolute atomic E-state index is 14.0. The molecule has 0 spiro atoms. The van der Waals surface area contributed by atoms with E-state index in [4.69, 9.17) is 4.98 Å². The Morgan fingerprint density at radius 1 is 1.08 bits per heavy atom. The number of hydrogen-bond acceptors (Lipinski definition) is 6. The van der Waals surface area contributed by atoms with E-state index in [2.05, 4.69) is 10.6 Å². The van der Waals surface area contributed by atoms with Crippen LogP contribution in [0.2, 0.25) is 0 Å². The zero-order valence-corrected chi connectivity index (χ0v) is 23.2. The van der Waals surface area contributed by atoms with E-state index in [1.807, 2.05) is 47.7 Å². The summed E-state index contributed by atoms with van der Waals surface area (Å²) in [5.41, 5.74) is 1.70. The largest absolute Gasteiger partial charge is 0.343 e. The van der Waals surface area contributed by atoms with Crippen LogP contribution in [0.1, 0.15) is 62.9 Å². The molecule has 2 N–H and O–H groups in total. The highest BCUT2D eigenvalue weighted by Crippen LogP contribution is 2.38. The molecule has 1 aromatic carbocycles. The van der Waals surface area contributed by atoms with Gasteiger partial charge in [-0.25, -0.2) is 4.98 Å². The zero-order valence-electron chi connectivity index (χ0n) is 22.4. The smallest absolute Gasteiger partial charge is 0.258 e. The number of carbonyl (C=O) groups is 2. The van der Waals surface area contributed by atoms with Gasteiger partial charge in [-0.05, 0) is 57.0 Å². The number of hydrogen-bond donors (Lipinski definition) is 2. The lowest BCUT2D eigenvalue weighted by atomic mass is 9.83. The first-order chi connectivity index (χ1) is 18.4. The molecule has 1 saturated heterocycles. The summed E-state index contributed by atoms with van der Waals surface area (Å²) in [5.74, 6) is 0.0416. The summed E-state index contributed by atoms with van der Waals surface area (Å²) >= 11 is 1.56. The molecule has 2 aromatic heterocycles. The normalized spacial score (nSPS) is 20.0. The van der Waals surface area contributed by atoms with Gasteiger partial charge >= 0.3 is 0 Å². The summed E-state index contributed by atoms with van der Waals surface area (Å²) in [6, 6.07) is 6.64. The molecule has 1 aliphatic heterocycles. The van der Waals surface area contributed by atoms with Gasteiger partial charge < -0.3 is 20.1 Å². The Labute approximate surface area is 227 Å². The lowest BCUT2D eigenvalue weighted by molar-refractivity contribution is -0.139. The topological polar surface area (TPSA) is 96.3 Å². The molecule has 1 saturated carbocycles. The van der Waals surface area contributed by atoms with Crippen LogP contribution in [0.3, 0.4) is 0 Å². The Morgan fingerprint density at radius 2 is 1.82 bits per heavy atom. The fourth-order valence-corrected chi connectivity index (χ4v) is 6.87. The van der Waals surface area contributed by atoms with Gasteiger partial charge in [0.05, 0.1) is 17.8 Å². The molecule has 8 nitrogen and oxygen atoms in total. The average molecular weight is 536 g/mol. The van der Waals surface area contributed by atoms with Gasteiger partial charge in [0.1, 0.15) is 11.0 Å². The molecule has 0 bridgehead atoms. The van der Waals surface area contributed by atoms with E-state index in [9.17, 15) is 14.4 Å². The van der Waals surface area contributed by atoms with Crippen LogP contribution >= 0.6 is 11.3 Å². The van der Waals surface area contributed by atoms with Crippen LogP contribution in [0.4, 0.5) is 0 Å². The van der Waals surface area contributed by atoms with Crippen LogP contribution < -0.4 is 16.2 Å². The van der Waals surface area contributed by atoms with Crippen molar-refractivity contribution < 1.29 is 9.59 Å². The number of nitrogens with one attached hydrogen (secondary N) is 2. The predicted molar refractivity (Wildman–Crippen MR) is 151 cm³/mol. The summed E-state index contributed by atoms with van der Waals surface area (Å²) in [6.45, 7) is 2.48. The number of amides is 2. The third kappa shape index (κ3) is 5.14. The predicted octanol–water partition coefficient (Wildman–Crippen LogP) is 4.00. The van der Waals surface area contributed by atoms with Crippen LogP contribution in [0, 0.1) is 5.92 Å². The molecule has 9 heteroatoms. The van der Waals surface area contributed by atoms with E-state index in [1.165, 1.54) is 6.42 Å². The molecular formula is C29H37N5O3S. The number of aromatic nitrogens is 2. The van der Waals surface area contributed by atoms with Crippen LogP contribution in [0.25, 0.3) is 22.0 Å². The van der Waals surface area contributed by atoms with Gasteiger partial charge in [0, 0.05) is 36.1 Å². The van der Waals surface area contributed by atoms with Gasteiger partial charge in [0.2, 0.25) is 11.8 Å². The minimum absolute atomic E-state index is 0.0142. The van der Waals surface area contributed by atoms with E-state index in [1.54, 1.807) is 30.0 Å². The minimum atomic E-state index is -0.508. The molecule has 202 valence electrons. The Morgan fingerprint density at radius 3 is 2.55 bits per heavy atom. The van der Waals surface area contributed by atoms with Crippen molar-refractivity contribution in [2.24, 2.45) is 13.0 Å². The third-order valence-corrected chi connectivity index (χ3v) is 9.17. The number of likely N-dealkylation sites (tertiary alicyclic amines) is 1. The van der Waals surface area contributed by atoms with E-state index in [0.717, 1.165) is 60.2 Å². The fourth-order valence-electron chi connectivity index (χ4n) is 5.91. The van der Waals surface area contributed by atoms with Crippen LogP contribution in [-0.2, 0) is 16.6 Å². The summed E-state index contributed by atoms with van der Waals surface area (Å²) in [4.78, 5) is 46.5. The second-order valence-corrected chi connectivity index (χ2v) is 11.5. The highest BCUT2D eigenvalue weighted by atomic mass is 32.1. The fraction of sp³-hybridized carbons (Fsp3) is 0.517. The van der Waals surface area contributed by atoms with Crippen molar-refractivity contribution in [1.82, 2.24) is 25.1 Å².